The van der Waals surface area contributed by atoms with E-state index in [0.717, 1.165) is 51.0 Å². The number of nitrogens with two attached hydrogens (primary N) is 1. The molecule has 3 fully saturated rings. The molecule has 0 radical (unpaired) electrons. The van der Waals surface area contributed by atoms with E-state index in [-0.39, 0.29) is 11.8 Å². The Morgan fingerprint density at radius 3 is 2.62 bits per heavy atom. The Balaban J connectivity index is 1.30. The Labute approximate surface area is 192 Å². The third-order valence-electron chi connectivity index (χ3n) is 7.00. The number of likely N-dealkylation sites (tertiary alicyclic amines) is 2. The molecule has 1 unspecified atom stereocenters. The van der Waals surface area contributed by atoms with E-state index in [0.29, 0.717) is 12.6 Å². The average molecular weight is 441 g/mol. The largest absolute Gasteiger partial charge is 0.369 e. The first-order chi connectivity index (χ1) is 15.6. The summed E-state index contributed by atoms with van der Waals surface area (Å²) in [5, 5.41) is 7.08. The Morgan fingerprint density at radius 1 is 1.12 bits per heavy atom. The van der Waals surface area contributed by atoms with Crippen molar-refractivity contribution in [1.29, 1.82) is 0 Å². The number of aliphatic imine (C=N–C) groups is 1. The van der Waals surface area contributed by atoms with Crippen LogP contribution in [0.15, 0.2) is 29.3 Å². The fraction of sp³-hybridized carbons (Fsp3) is 0.680. The summed E-state index contributed by atoms with van der Waals surface area (Å²) in [5.41, 5.74) is 8.02. The minimum Gasteiger partial charge on any atom is -0.369 e. The number of hydrogen-bond donors (Lipinski definition) is 3. The van der Waals surface area contributed by atoms with Gasteiger partial charge in [0.05, 0.1) is 12.5 Å². The predicted octanol–water partition coefficient (Wildman–Crippen LogP) is 2.07. The highest BCUT2D eigenvalue weighted by Crippen LogP contribution is 2.29. The van der Waals surface area contributed by atoms with Gasteiger partial charge in [0.15, 0.2) is 5.96 Å². The summed E-state index contributed by atoms with van der Waals surface area (Å²) in [4.78, 5) is 21.4. The fourth-order valence-electron chi connectivity index (χ4n) is 5.05. The summed E-state index contributed by atoms with van der Waals surface area (Å²) in [6.45, 7) is 8.71. The lowest BCUT2D eigenvalue weighted by Crippen LogP contribution is -2.49. The number of piperidine rings is 2. The van der Waals surface area contributed by atoms with Crippen molar-refractivity contribution in [3.63, 3.8) is 0 Å². The molecule has 0 spiro atoms. The van der Waals surface area contributed by atoms with E-state index in [1.165, 1.54) is 49.9 Å². The van der Waals surface area contributed by atoms with Crippen molar-refractivity contribution in [2.75, 3.05) is 32.7 Å². The number of carbonyl (C=O) groups excluding carboxylic acids is 1. The molecule has 4 rings (SSSR count). The Morgan fingerprint density at radius 2 is 1.91 bits per heavy atom. The lowest BCUT2D eigenvalue weighted by Gasteiger charge is -2.33. The van der Waals surface area contributed by atoms with Crippen LogP contribution in [0.1, 0.15) is 56.6 Å². The second-order valence-corrected chi connectivity index (χ2v) is 9.68. The number of nitrogens with one attached hydrogen (secondary N) is 2. The van der Waals surface area contributed by atoms with E-state index in [2.05, 4.69) is 51.6 Å². The Bertz CT molecular complexity index is 784. The maximum atomic E-state index is 11.6. The van der Waals surface area contributed by atoms with Gasteiger partial charge in [-0.1, -0.05) is 24.3 Å². The maximum absolute atomic E-state index is 11.6. The van der Waals surface area contributed by atoms with Crippen LogP contribution in [-0.4, -0.2) is 66.5 Å². The van der Waals surface area contributed by atoms with Crippen LogP contribution in [-0.2, 0) is 17.9 Å². The molecule has 2 aliphatic heterocycles. The zero-order chi connectivity index (χ0) is 22.3. The van der Waals surface area contributed by atoms with Crippen LogP contribution in [0.2, 0.25) is 0 Å². The van der Waals surface area contributed by atoms with E-state index < -0.39 is 0 Å². The van der Waals surface area contributed by atoms with Gasteiger partial charge in [0.2, 0.25) is 5.91 Å². The number of primary amides is 1. The van der Waals surface area contributed by atoms with Gasteiger partial charge in [-0.2, -0.15) is 0 Å². The van der Waals surface area contributed by atoms with Gasteiger partial charge in [-0.05, 0) is 63.1 Å². The van der Waals surface area contributed by atoms with Crippen LogP contribution >= 0.6 is 0 Å². The molecule has 32 heavy (non-hydrogen) atoms. The number of nitrogens with zero attached hydrogens (tertiary/aromatic N) is 3. The summed E-state index contributed by atoms with van der Waals surface area (Å²) in [6, 6.07) is 10.0. The van der Waals surface area contributed by atoms with Crippen LogP contribution in [0, 0.1) is 5.92 Å². The molecule has 2 heterocycles. The number of carbonyl (C=O) groups is 1. The van der Waals surface area contributed by atoms with E-state index in [9.17, 15) is 4.79 Å². The smallest absolute Gasteiger partial charge is 0.221 e. The third kappa shape index (κ3) is 6.69. The van der Waals surface area contributed by atoms with Gasteiger partial charge in [0.25, 0.3) is 0 Å². The Hall–Kier alpha value is -2.12. The van der Waals surface area contributed by atoms with Gasteiger partial charge in [-0.3, -0.25) is 9.69 Å². The second kappa shape index (κ2) is 11.1. The number of guanidine groups is 1. The standard InChI is InChI=1S/C25H40N6O/c1-2-27-25(29-22-10-13-31(14-11-22)23-8-9-23)28-16-19-5-3-6-20(15-19)17-30-12-4-7-21(18-30)24(26)32/h3,5-6,15,21-23H,2,4,7-14,16-18H2,1H3,(H2,26,32)(H2,27,28,29). The van der Waals surface area contributed by atoms with Crippen molar-refractivity contribution in [3.05, 3.63) is 35.4 Å². The molecule has 1 aliphatic carbocycles. The van der Waals surface area contributed by atoms with Crippen molar-refractivity contribution in [1.82, 2.24) is 20.4 Å². The van der Waals surface area contributed by atoms with Gasteiger partial charge in [-0.15, -0.1) is 0 Å². The van der Waals surface area contributed by atoms with Crippen molar-refractivity contribution >= 4 is 11.9 Å². The second-order valence-electron chi connectivity index (χ2n) is 9.68. The van der Waals surface area contributed by atoms with Crippen LogP contribution in [0.4, 0.5) is 0 Å². The van der Waals surface area contributed by atoms with Crippen LogP contribution < -0.4 is 16.4 Å². The highest BCUT2D eigenvalue weighted by atomic mass is 16.1. The lowest BCUT2D eigenvalue weighted by molar-refractivity contribution is -0.123. The van der Waals surface area contributed by atoms with Crippen molar-refractivity contribution in [2.24, 2.45) is 16.6 Å². The molecule has 1 aromatic rings. The van der Waals surface area contributed by atoms with E-state index >= 15 is 0 Å². The van der Waals surface area contributed by atoms with Crippen molar-refractivity contribution < 1.29 is 4.79 Å². The molecule has 1 amide bonds. The normalized spacial score (nSPS) is 23.8. The zero-order valence-electron chi connectivity index (χ0n) is 19.6. The van der Waals surface area contributed by atoms with Gasteiger partial charge in [-0.25, -0.2) is 4.99 Å². The summed E-state index contributed by atoms with van der Waals surface area (Å²) in [6.07, 6.45) is 7.13. The van der Waals surface area contributed by atoms with E-state index in [1.807, 2.05) is 0 Å². The number of benzene rings is 1. The summed E-state index contributed by atoms with van der Waals surface area (Å²) in [7, 11) is 0. The first kappa shape index (κ1) is 23.1. The molecule has 176 valence electrons. The van der Waals surface area contributed by atoms with Crippen LogP contribution in [0.25, 0.3) is 0 Å². The molecule has 4 N–H and O–H groups in total. The minimum absolute atomic E-state index is 0.0126. The van der Waals surface area contributed by atoms with Gasteiger partial charge < -0.3 is 21.3 Å². The molecular formula is C25H40N6O. The van der Waals surface area contributed by atoms with Crippen LogP contribution in [0.3, 0.4) is 0 Å². The average Bonchev–Trinajstić information content (AvgIpc) is 3.64. The quantitative estimate of drug-likeness (QED) is 0.426. The van der Waals surface area contributed by atoms with E-state index in [4.69, 9.17) is 10.7 Å². The monoisotopic (exact) mass is 440 g/mol. The molecular weight excluding hydrogens is 400 g/mol. The van der Waals surface area contributed by atoms with Gasteiger partial charge in [0, 0.05) is 44.8 Å². The van der Waals surface area contributed by atoms with E-state index in [1.54, 1.807) is 0 Å². The molecule has 0 bridgehead atoms. The molecule has 3 aliphatic rings. The molecule has 2 saturated heterocycles. The highest BCUT2D eigenvalue weighted by Gasteiger charge is 2.32. The summed E-state index contributed by atoms with van der Waals surface area (Å²) >= 11 is 0. The number of hydrogen-bond acceptors (Lipinski definition) is 4. The molecule has 1 saturated carbocycles. The third-order valence-corrected chi connectivity index (χ3v) is 7.00. The van der Waals surface area contributed by atoms with Crippen LogP contribution in [0.5, 0.6) is 0 Å². The van der Waals surface area contributed by atoms with Gasteiger partial charge in [0.1, 0.15) is 0 Å². The number of amides is 1. The van der Waals surface area contributed by atoms with Crippen molar-refractivity contribution in [2.45, 2.75) is 70.6 Å². The maximum Gasteiger partial charge on any atom is 0.221 e. The molecule has 1 aromatic carbocycles. The topological polar surface area (TPSA) is 86.0 Å². The SMILES string of the molecule is CCNC(=NCc1cccc(CN2CCCC(C(N)=O)C2)c1)NC1CCN(C2CC2)CC1. The lowest BCUT2D eigenvalue weighted by atomic mass is 9.97. The number of rotatable bonds is 8. The first-order valence-corrected chi connectivity index (χ1v) is 12.5. The molecule has 1 atom stereocenters. The summed E-state index contributed by atoms with van der Waals surface area (Å²) < 4.78 is 0. The first-order valence-electron chi connectivity index (χ1n) is 12.5. The minimum atomic E-state index is -0.167. The molecule has 7 nitrogen and oxygen atoms in total. The fourth-order valence-corrected chi connectivity index (χ4v) is 5.05. The Kier molecular flexibility index (Phi) is 8.03. The molecule has 7 heteroatoms. The zero-order valence-corrected chi connectivity index (χ0v) is 19.6. The highest BCUT2D eigenvalue weighted by molar-refractivity contribution is 5.80. The predicted molar refractivity (Wildman–Crippen MR) is 129 cm³/mol. The molecule has 0 aromatic heterocycles. The summed E-state index contributed by atoms with van der Waals surface area (Å²) in [5.74, 6) is 0.740. The van der Waals surface area contributed by atoms with Crippen molar-refractivity contribution in [3.8, 4) is 0 Å². The van der Waals surface area contributed by atoms with Gasteiger partial charge >= 0.3 is 0 Å².